The van der Waals surface area contributed by atoms with Gasteiger partial charge in [0, 0.05) is 13.5 Å². The summed E-state index contributed by atoms with van der Waals surface area (Å²) in [7, 11) is 0. The molecule has 0 saturated carbocycles. The van der Waals surface area contributed by atoms with Crippen molar-refractivity contribution in [2.45, 2.75) is 20.0 Å². The Morgan fingerprint density at radius 2 is 2.24 bits per heavy atom. The number of nitrogens with zero attached hydrogens (tertiary/aromatic N) is 3. The Labute approximate surface area is 98.5 Å². The van der Waals surface area contributed by atoms with Crippen LogP contribution in [0.25, 0.3) is 0 Å². The zero-order valence-electron chi connectivity index (χ0n) is 9.64. The van der Waals surface area contributed by atoms with Crippen molar-refractivity contribution in [3.05, 3.63) is 11.9 Å². The largest absolute Gasteiger partial charge is 0.354 e. The molecule has 1 aromatic rings. The molecule has 0 bridgehead atoms. The number of rotatable bonds is 6. The van der Waals surface area contributed by atoms with Crippen LogP contribution in [-0.4, -0.2) is 39.9 Å². The monoisotopic (exact) mass is 240 g/mol. The van der Waals surface area contributed by atoms with Crippen molar-refractivity contribution in [3.8, 4) is 0 Å². The molecule has 0 aliphatic rings. The van der Waals surface area contributed by atoms with Gasteiger partial charge in [-0.05, 0) is 0 Å². The number of aromatic nitrogens is 3. The van der Waals surface area contributed by atoms with Gasteiger partial charge < -0.3 is 16.4 Å². The number of carbonyl (C=O) groups excluding carboxylic acids is 2. The van der Waals surface area contributed by atoms with E-state index >= 15 is 0 Å². The smallest absolute Gasteiger partial charge is 0.234 e. The molecule has 1 rings (SSSR count). The van der Waals surface area contributed by atoms with Gasteiger partial charge in [-0.1, -0.05) is 5.21 Å². The van der Waals surface area contributed by atoms with Crippen LogP contribution >= 0.6 is 0 Å². The van der Waals surface area contributed by atoms with E-state index in [1.807, 2.05) is 0 Å². The molecule has 0 aliphatic heterocycles. The van der Waals surface area contributed by atoms with Gasteiger partial charge in [-0.3, -0.25) is 14.3 Å². The Hall–Kier alpha value is -1.96. The molecular formula is C9H16N6O2. The normalized spacial score (nSPS) is 10.0. The van der Waals surface area contributed by atoms with Crippen LogP contribution in [0.3, 0.4) is 0 Å². The van der Waals surface area contributed by atoms with E-state index in [1.165, 1.54) is 6.92 Å². The van der Waals surface area contributed by atoms with Crippen molar-refractivity contribution < 1.29 is 9.59 Å². The molecule has 0 spiro atoms. The quantitative estimate of drug-likeness (QED) is 0.531. The van der Waals surface area contributed by atoms with Crippen LogP contribution in [0.4, 0.5) is 0 Å². The van der Waals surface area contributed by atoms with Gasteiger partial charge >= 0.3 is 0 Å². The lowest BCUT2D eigenvalue weighted by Crippen LogP contribution is -2.29. The lowest BCUT2D eigenvalue weighted by Gasteiger charge is -2.01. The molecule has 1 heterocycles. The number of amides is 2. The fraction of sp³-hybridized carbons (Fsp3) is 0.556. The van der Waals surface area contributed by atoms with Gasteiger partial charge in [-0.25, -0.2) is 0 Å². The van der Waals surface area contributed by atoms with Crippen molar-refractivity contribution in [2.75, 3.05) is 13.1 Å². The van der Waals surface area contributed by atoms with Crippen molar-refractivity contribution in [1.82, 2.24) is 25.6 Å². The van der Waals surface area contributed by atoms with Gasteiger partial charge in [0.2, 0.25) is 11.8 Å². The summed E-state index contributed by atoms with van der Waals surface area (Å²) in [5, 5.41) is 13.0. The first-order valence-corrected chi connectivity index (χ1v) is 5.22. The summed E-state index contributed by atoms with van der Waals surface area (Å²) in [4.78, 5) is 21.5. The molecule has 1 aromatic heterocycles. The maximum atomic E-state index is 10.9. The molecule has 0 aliphatic carbocycles. The van der Waals surface area contributed by atoms with Crippen LogP contribution in [0.1, 0.15) is 12.6 Å². The fourth-order valence-electron chi connectivity index (χ4n) is 1.14. The van der Waals surface area contributed by atoms with E-state index in [-0.39, 0.29) is 18.4 Å². The third kappa shape index (κ3) is 5.07. The molecule has 2 amide bonds. The Bertz CT molecular complexity index is 389. The third-order valence-electron chi connectivity index (χ3n) is 1.95. The van der Waals surface area contributed by atoms with Crippen molar-refractivity contribution >= 4 is 11.8 Å². The van der Waals surface area contributed by atoms with Crippen LogP contribution in [0.2, 0.25) is 0 Å². The maximum absolute atomic E-state index is 10.9. The first kappa shape index (κ1) is 13.1. The zero-order chi connectivity index (χ0) is 12.7. The number of nitrogens with two attached hydrogens (primary N) is 1. The zero-order valence-corrected chi connectivity index (χ0v) is 9.64. The van der Waals surface area contributed by atoms with Crippen LogP contribution < -0.4 is 16.4 Å². The topological polar surface area (TPSA) is 115 Å². The molecular weight excluding hydrogens is 224 g/mol. The van der Waals surface area contributed by atoms with Crippen LogP contribution in [-0.2, 0) is 22.7 Å². The van der Waals surface area contributed by atoms with E-state index in [4.69, 9.17) is 5.73 Å². The molecule has 4 N–H and O–H groups in total. The van der Waals surface area contributed by atoms with Gasteiger partial charge in [0.15, 0.2) is 0 Å². The summed E-state index contributed by atoms with van der Waals surface area (Å²) in [5.74, 6) is -0.321. The lowest BCUT2D eigenvalue weighted by molar-refractivity contribution is -0.120. The van der Waals surface area contributed by atoms with Crippen LogP contribution in [0, 0.1) is 0 Å². The third-order valence-corrected chi connectivity index (χ3v) is 1.95. The predicted molar refractivity (Wildman–Crippen MR) is 59.6 cm³/mol. The number of carbonyl (C=O) groups is 2. The summed E-state index contributed by atoms with van der Waals surface area (Å²) in [6.45, 7) is 2.74. The van der Waals surface area contributed by atoms with Gasteiger partial charge in [-0.15, -0.1) is 5.10 Å². The lowest BCUT2D eigenvalue weighted by atomic mass is 10.4. The SMILES string of the molecule is CC(=O)NCCn1cc(CNC(=O)CN)nn1. The minimum Gasteiger partial charge on any atom is -0.354 e. The van der Waals surface area contributed by atoms with Crippen LogP contribution in [0.5, 0.6) is 0 Å². The van der Waals surface area contributed by atoms with E-state index < -0.39 is 0 Å². The molecule has 0 aromatic carbocycles. The molecule has 0 unspecified atom stereocenters. The second kappa shape index (κ2) is 6.59. The summed E-state index contributed by atoms with van der Waals surface area (Å²) in [6, 6.07) is 0. The Kier molecular flexibility index (Phi) is 5.08. The minimum absolute atomic E-state index is 0.0450. The van der Waals surface area contributed by atoms with Gasteiger partial charge in [-0.2, -0.15) is 0 Å². The van der Waals surface area contributed by atoms with Crippen molar-refractivity contribution in [2.24, 2.45) is 5.73 Å². The number of nitrogens with one attached hydrogen (secondary N) is 2. The van der Waals surface area contributed by atoms with Crippen molar-refractivity contribution in [3.63, 3.8) is 0 Å². The molecule has 0 saturated heterocycles. The van der Waals surface area contributed by atoms with Crippen LogP contribution in [0.15, 0.2) is 6.20 Å². The average Bonchev–Trinajstić information content (AvgIpc) is 2.73. The van der Waals surface area contributed by atoms with Gasteiger partial charge in [0.1, 0.15) is 5.69 Å². The summed E-state index contributed by atoms with van der Waals surface area (Å²) in [5.41, 5.74) is 5.79. The average molecular weight is 240 g/mol. The fourth-order valence-corrected chi connectivity index (χ4v) is 1.14. The Morgan fingerprint density at radius 1 is 1.47 bits per heavy atom. The highest BCUT2D eigenvalue weighted by Crippen LogP contribution is 1.91. The highest BCUT2D eigenvalue weighted by molar-refractivity contribution is 5.77. The molecule has 0 radical (unpaired) electrons. The molecule has 0 atom stereocenters. The molecule has 17 heavy (non-hydrogen) atoms. The summed E-state index contributed by atoms with van der Waals surface area (Å²) in [6.07, 6.45) is 1.71. The Morgan fingerprint density at radius 3 is 2.88 bits per heavy atom. The standard InChI is InChI=1S/C9H16N6O2/c1-7(16)11-2-3-15-6-8(13-14-15)5-12-9(17)4-10/h6H,2-5,10H2,1H3,(H,11,16)(H,12,17). The van der Waals surface area contributed by atoms with Gasteiger partial charge in [0.25, 0.3) is 0 Å². The summed E-state index contributed by atoms with van der Waals surface area (Å²) >= 11 is 0. The number of hydrogen-bond acceptors (Lipinski definition) is 5. The van der Waals surface area contributed by atoms with E-state index in [1.54, 1.807) is 10.9 Å². The molecule has 0 fully saturated rings. The first-order chi connectivity index (χ1) is 8.11. The summed E-state index contributed by atoms with van der Waals surface area (Å²) < 4.78 is 1.60. The first-order valence-electron chi connectivity index (χ1n) is 5.22. The molecule has 8 heteroatoms. The highest BCUT2D eigenvalue weighted by atomic mass is 16.2. The predicted octanol–water partition coefficient (Wildman–Crippen LogP) is -2.01. The minimum atomic E-state index is -0.238. The molecule has 94 valence electrons. The highest BCUT2D eigenvalue weighted by Gasteiger charge is 2.02. The van der Waals surface area contributed by atoms with E-state index in [0.29, 0.717) is 25.3 Å². The second-order valence-electron chi connectivity index (χ2n) is 3.44. The van der Waals surface area contributed by atoms with E-state index in [2.05, 4.69) is 20.9 Å². The number of hydrogen-bond donors (Lipinski definition) is 3. The maximum Gasteiger partial charge on any atom is 0.234 e. The van der Waals surface area contributed by atoms with Gasteiger partial charge in [0.05, 0.1) is 25.8 Å². The van der Waals surface area contributed by atoms with E-state index in [0.717, 1.165) is 0 Å². The Balaban J connectivity index is 2.32. The van der Waals surface area contributed by atoms with Crippen molar-refractivity contribution in [1.29, 1.82) is 0 Å². The molecule has 8 nitrogen and oxygen atoms in total. The second-order valence-corrected chi connectivity index (χ2v) is 3.44. The van der Waals surface area contributed by atoms with E-state index in [9.17, 15) is 9.59 Å².